The average Bonchev–Trinajstić information content (AvgIpc) is 3.43. The molecule has 10 heteroatoms. The fraction of sp³-hybridized carbons (Fsp3) is 0.154. The van der Waals surface area contributed by atoms with Crippen molar-refractivity contribution in [3.63, 3.8) is 0 Å². The van der Waals surface area contributed by atoms with Crippen LogP contribution in [0.3, 0.4) is 0 Å². The van der Waals surface area contributed by atoms with Crippen molar-refractivity contribution >= 4 is 40.6 Å². The molecule has 3 aromatic carbocycles. The number of thioether (sulfide) groups is 1. The van der Waals surface area contributed by atoms with Gasteiger partial charge in [-0.3, -0.25) is 14.5 Å². The second-order valence-electron chi connectivity index (χ2n) is 7.86. The summed E-state index contributed by atoms with van der Waals surface area (Å²) < 4.78 is 35.7. The van der Waals surface area contributed by atoms with Gasteiger partial charge in [-0.1, -0.05) is 35.9 Å². The number of ether oxygens (including phenoxy) is 4. The average molecular weight is 528 g/mol. The Balaban J connectivity index is 1.32. The first-order valence-corrected chi connectivity index (χ1v) is 12.0. The maximum Gasteiger partial charge on any atom is 0.293 e. The van der Waals surface area contributed by atoms with E-state index in [1.807, 2.05) is 0 Å². The van der Waals surface area contributed by atoms with Crippen LogP contribution in [0.2, 0.25) is 5.02 Å². The first-order chi connectivity index (χ1) is 17.4. The molecule has 1 fully saturated rings. The zero-order valence-corrected chi connectivity index (χ0v) is 20.5. The van der Waals surface area contributed by atoms with Crippen molar-refractivity contribution in [1.82, 2.24) is 4.90 Å². The van der Waals surface area contributed by atoms with Crippen LogP contribution in [0.4, 0.5) is 9.18 Å². The molecular formula is C26H19ClFNO6S. The van der Waals surface area contributed by atoms with Crippen molar-refractivity contribution in [3.8, 4) is 23.0 Å². The summed E-state index contributed by atoms with van der Waals surface area (Å²) in [6.07, 6.45) is 1.61. The van der Waals surface area contributed by atoms with Crippen LogP contribution in [0.5, 0.6) is 23.0 Å². The van der Waals surface area contributed by atoms with Crippen molar-refractivity contribution in [1.29, 1.82) is 0 Å². The third-order valence-corrected chi connectivity index (χ3v) is 6.83. The lowest BCUT2D eigenvalue weighted by molar-refractivity contribution is -0.123. The maximum absolute atomic E-state index is 13.9. The fourth-order valence-electron chi connectivity index (χ4n) is 3.70. The Morgan fingerprint density at radius 2 is 1.83 bits per heavy atom. The quantitative estimate of drug-likeness (QED) is 0.347. The molecule has 0 saturated carbocycles. The zero-order valence-electron chi connectivity index (χ0n) is 19.0. The Bertz CT molecular complexity index is 1390. The summed E-state index contributed by atoms with van der Waals surface area (Å²) in [7, 11) is 1.48. The summed E-state index contributed by atoms with van der Waals surface area (Å²) in [5, 5.41) is -0.0326. The van der Waals surface area contributed by atoms with Crippen LogP contribution in [0.1, 0.15) is 16.7 Å². The molecule has 2 heterocycles. The topological polar surface area (TPSA) is 74.3 Å². The van der Waals surface area contributed by atoms with Crippen LogP contribution in [0.15, 0.2) is 59.5 Å². The second-order valence-corrected chi connectivity index (χ2v) is 9.26. The molecule has 0 unspecified atom stereocenters. The van der Waals surface area contributed by atoms with Gasteiger partial charge in [-0.25, -0.2) is 4.39 Å². The monoisotopic (exact) mass is 527 g/mol. The number of methoxy groups -OCH3 is 1. The highest BCUT2D eigenvalue weighted by Gasteiger charge is 2.35. The smallest absolute Gasteiger partial charge is 0.293 e. The van der Waals surface area contributed by atoms with Crippen molar-refractivity contribution in [2.24, 2.45) is 0 Å². The Morgan fingerprint density at radius 1 is 1.06 bits per heavy atom. The molecule has 0 radical (unpaired) electrons. The molecule has 2 aliphatic rings. The van der Waals surface area contributed by atoms with E-state index in [2.05, 4.69) is 0 Å². The minimum atomic E-state index is -0.433. The van der Waals surface area contributed by atoms with Crippen molar-refractivity contribution in [2.45, 2.75) is 13.2 Å². The van der Waals surface area contributed by atoms with E-state index in [9.17, 15) is 14.0 Å². The van der Waals surface area contributed by atoms with E-state index >= 15 is 0 Å². The fourth-order valence-corrected chi connectivity index (χ4v) is 4.75. The molecule has 3 aromatic rings. The first-order valence-electron chi connectivity index (χ1n) is 10.8. The third kappa shape index (κ3) is 4.84. The third-order valence-electron chi connectivity index (χ3n) is 5.57. The van der Waals surface area contributed by atoms with E-state index in [0.29, 0.717) is 44.7 Å². The first kappa shape index (κ1) is 24.0. The SMILES string of the molecule is COc1cc(/C=C2\SC(=O)N(Cc3cc4c(cc3Cl)OCO4)C2=O)ccc1OCc1ccccc1F. The molecule has 2 aliphatic heterocycles. The highest BCUT2D eigenvalue weighted by atomic mass is 35.5. The lowest BCUT2D eigenvalue weighted by Gasteiger charge is -2.14. The van der Waals surface area contributed by atoms with E-state index in [1.165, 1.54) is 13.2 Å². The minimum Gasteiger partial charge on any atom is -0.493 e. The molecule has 5 rings (SSSR count). The molecular weight excluding hydrogens is 509 g/mol. The van der Waals surface area contributed by atoms with Crippen molar-refractivity contribution in [3.05, 3.63) is 87.0 Å². The molecule has 1 saturated heterocycles. The van der Waals surface area contributed by atoms with Crippen LogP contribution < -0.4 is 18.9 Å². The van der Waals surface area contributed by atoms with E-state index in [-0.39, 0.29) is 30.7 Å². The molecule has 184 valence electrons. The second kappa shape index (κ2) is 10.1. The van der Waals surface area contributed by atoms with Gasteiger partial charge in [0.1, 0.15) is 12.4 Å². The number of imide groups is 1. The molecule has 36 heavy (non-hydrogen) atoms. The van der Waals surface area contributed by atoms with Gasteiger partial charge in [-0.2, -0.15) is 0 Å². The number of benzene rings is 3. The van der Waals surface area contributed by atoms with Crippen LogP contribution in [-0.2, 0) is 17.9 Å². The highest BCUT2D eigenvalue weighted by molar-refractivity contribution is 8.18. The summed E-state index contributed by atoms with van der Waals surface area (Å²) in [5.41, 5.74) is 1.62. The number of rotatable bonds is 7. The predicted octanol–water partition coefficient (Wildman–Crippen LogP) is 6.03. The summed E-state index contributed by atoms with van der Waals surface area (Å²) in [6.45, 7) is 0.128. The number of fused-ring (bicyclic) bond motifs is 1. The maximum atomic E-state index is 13.9. The van der Waals surface area contributed by atoms with Crippen LogP contribution in [0.25, 0.3) is 6.08 Å². The van der Waals surface area contributed by atoms with E-state index in [0.717, 1.165) is 16.7 Å². The molecule has 2 amide bonds. The van der Waals surface area contributed by atoms with Gasteiger partial charge in [0.2, 0.25) is 6.79 Å². The highest BCUT2D eigenvalue weighted by Crippen LogP contribution is 2.40. The van der Waals surface area contributed by atoms with Gasteiger partial charge < -0.3 is 18.9 Å². The molecule has 0 atom stereocenters. The summed E-state index contributed by atoms with van der Waals surface area (Å²) >= 11 is 7.16. The van der Waals surface area contributed by atoms with Gasteiger partial charge >= 0.3 is 0 Å². The van der Waals surface area contributed by atoms with E-state index in [1.54, 1.807) is 54.6 Å². The number of carbonyl (C=O) groups is 2. The van der Waals surface area contributed by atoms with Crippen molar-refractivity contribution < 1.29 is 32.9 Å². The van der Waals surface area contributed by atoms with Gasteiger partial charge in [0, 0.05) is 16.7 Å². The van der Waals surface area contributed by atoms with Crippen LogP contribution in [0, 0.1) is 5.82 Å². The Hall–Kier alpha value is -3.69. The normalized spacial score (nSPS) is 15.6. The lowest BCUT2D eigenvalue weighted by atomic mass is 10.1. The van der Waals surface area contributed by atoms with Crippen molar-refractivity contribution in [2.75, 3.05) is 13.9 Å². The Kier molecular flexibility index (Phi) is 6.75. The number of halogens is 2. The summed E-state index contributed by atoms with van der Waals surface area (Å²) in [4.78, 5) is 27.0. The summed E-state index contributed by atoms with van der Waals surface area (Å²) in [5.74, 6) is 1.08. The van der Waals surface area contributed by atoms with Gasteiger partial charge in [0.25, 0.3) is 11.1 Å². The number of hydrogen-bond acceptors (Lipinski definition) is 7. The predicted molar refractivity (Wildman–Crippen MR) is 133 cm³/mol. The number of carbonyl (C=O) groups excluding carboxylic acids is 2. The van der Waals surface area contributed by atoms with Gasteiger partial charge in [0.15, 0.2) is 23.0 Å². The van der Waals surface area contributed by atoms with Crippen LogP contribution in [-0.4, -0.2) is 29.9 Å². The van der Waals surface area contributed by atoms with Crippen LogP contribution >= 0.6 is 23.4 Å². The number of hydrogen-bond donors (Lipinski definition) is 0. The molecule has 0 aromatic heterocycles. The van der Waals surface area contributed by atoms with Gasteiger partial charge in [-0.05, 0) is 53.2 Å². The standard InChI is InChI=1S/C26H19ClFNO6S/c1-32-21-8-15(6-7-20(21)33-13-16-4-2-3-5-19(16)28)9-24-25(30)29(26(31)36-24)12-17-10-22-23(11-18(17)27)35-14-34-22/h2-11H,12-14H2,1H3/b24-9-. The minimum absolute atomic E-state index is 0.00360. The largest absolute Gasteiger partial charge is 0.493 e. The number of amides is 2. The number of nitrogens with zero attached hydrogens (tertiary/aromatic N) is 1. The van der Waals surface area contributed by atoms with Gasteiger partial charge in [-0.15, -0.1) is 0 Å². The molecule has 0 spiro atoms. The molecule has 0 aliphatic carbocycles. The van der Waals surface area contributed by atoms with E-state index < -0.39 is 11.1 Å². The molecule has 0 bridgehead atoms. The molecule has 0 N–H and O–H groups in total. The molecule has 7 nitrogen and oxygen atoms in total. The summed E-state index contributed by atoms with van der Waals surface area (Å²) in [6, 6.07) is 14.7. The van der Waals surface area contributed by atoms with E-state index in [4.69, 9.17) is 30.5 Å². The van der Waals surface area contributed by atoms with Gasteiger partial charge in [0.05, 0.1) is 18.6 Å². The zero-order chi connectivity index (χ0) is 25.2. The Labute approximate surface area is 215 Å². The Morgan fingerprint density at radius 3 is 2.61 bits per heavy atom. The lowest BCUT2D eigenvalue weighted by Crippen LogP contribution is -2.27.